The first kappa shape index (κ1) is 15.0. The summed E-state index contributed by atoms with van der Waals surface area (Å²) in [6, 6.07) is 4.48. The van der Waals surface area contributed by atoms with Crippen LogP contribution in [0.25, 0.3) is 0 Å². The average Bonchev–Trinajstić information content (AvgIpc) is 2.34. The Hall–Kier alpha value is -1.03. The third-order valence-corrected chi connectivity index (χ3v) is 3.00. The Bertz CT molecular complexity index is 435. The first-order valence-corrected chi connectivity index (χ1v) is 6.31. The molecule has 98 valence electrons. The molecule has 18 heavy (non-hydrogen) atoms. The monoisotopic (exact) mass is 287 g/mol. The van der Waals surface area contributed by atoms with Gasteiger partial charge in [-0.25, -0.2) is 4.79 Å². The van der Waals surface area contributed by atoms with Gasteiger partial charge in [0.15, 0.2) is 0 Å². The molecule has 1 unspecified atom stereocenters. The van der Waals surface area contributed by atoms with E-state index in [1.54, 1.807) is 31.2 Å². The third kappa shape index (κ3) is 4.02. The molecular formula is C13H15Cl2NO2. The molecule has 0 amide bonds. The van der Waals surface area contributed by atoms with Crippen molar-refractivity contribution in [3.05, 3.63) is 46.5 Å². The highest BCUT2D eigenvalue weighted by Gasteiger charge is 2.21. The topological polar surface area (TPSA) is 38.3 Å². The van der Waals surface area contributed by atoms with Crippen LogP contribution < -0.4 is 5.32 Å². The summed E-state index contributed by atoms with van der Waals surface area (Å²) in [6.45, 7) is 6.18. The standard InChI is InChI=1S/C13H15Cl2NO2/c1-3-7-16-12(13(17)18-4-2)9-5-6-10(14)11(15)8-9/h3,5-6,8,12,16H,1,4,7H2,2H3. The van der Waals surface area contributed by atoms with Crippen molar-refractivity contribution in [1.29, 1.82) is 0 Å². The summed E-state index contributed by atoms with van der Waals surface area (Å²) in [6.07, 6.45) is 1.67. The molecule has 0 saturated carbocycles. The van der Waals surface area contributed by atoms with Crippen LogP contribution in [0.3, 0.4) is 0 Å². The van der Waals surface area contributed by atoms with E-state index in [1.165, 1.54) is 0 Å². The lowest BCUT2D eigenvalue weighted by Gasteiger charge is -2.17. The van der Waals surface area contributed by atoms with Crippen LogP contribution in [0.4, 0.5) is 0 Å². The molecular weight excluding hydrogens is 273 g/mol. The maximum atomic E-state index is 11.9. The van der Waals surface area contributed by atoms with Crippen LogP contribution in [0, 0.1) is 0 Å². The minimum Gasteiger partial charge on any atom is -0.465 e. The zero-order chi connectivity index (χ0) is 13.5. The summed E-state index contributed by atoms with van der Waals surface area (Å²) in [4.78, 5) is 11.9. The zero-order valence-corrected chi connectivity index (χ0v) is 11.6. The average molecular weight is 288 g/mol. The van der Waals surface area contributed by atoms with Crippen LogP contribution in [0.1, 0.15) is 18.5 Å². The van der Waals surface area contributed by atoms with Gasteiger partial charge in [-0.05, 0) is 24.6 Å². The molecule has 0 fully saturated rings. The molecule has 0 saturated heterocycles. The second-order valence-electron chi connectivity index (χ2n) is 3.56. The van der Waals surface area contributed by atoms with E-state index in [2.05, 4.69) is 11.9 Å². The summed E-state index contributed by atoms with van der Waals surface area (Å²) < 4.78 is 5.01. The van der Waals surface area contributed by atoms with Crippen molar-refractivity contribution in [2.75, 3.05) is 13.2 Å². The highest BCUT2D eigenvalue weighted by Crippen LogP contribution is 2.26. The summed E-state index contributed by atoms with van der Waals surface area (Å²) in [5.74, 6) is -0.349. The third-order valence-electron chi connectivity index (χ3n) is 2.27. The molecule has 0 bridgehead atoms. The van der Waals surface area contributed by atoms with Gasteiger partial charge in [-0.3, -0.25) is 5.32 Å². The molecule has 1 aromatic carbocycles. The number of halogens is 2. The van der Waals surface area contributed by atoms with Crippen molar-refractivity contribution >= 4 is 29.2 Å². The number of rotatable bonds is 6. The van der Waals surface area contributed by atoms with Gasteiger partial charge in [0, 0.05) is 6.54 Å². The summed E-state index contributed by atoms with van der Waals surface area (Å²) in [5.41, 5.74) is 0.713. The second kappa shape index (κ2) is 7.41. The predicted octanol–water partition coefficient (Wildman–Crippen LogP) is 3.37. The Morgan fingerprint density at radius 3 is 2.78 bits per heavy atom. The summed E-state index contributed by atoms with van der Waals surface area (Å²) in [7, 11) is 0. The second-order valence-corrected chi connectivity index (χ2v) is 4.37. The van der Waals surface area contributed by atoms with Crippen LogP contribution in [-0.2, 0) is 9.53 Å². The van der Waals surface area contributed by atoms with E-state index < -0.39 is 6.04 Å². The van der Waals surface area contributed by atoms with Gasteiger partial charge in [0.05, 0.1) is 16.7 Å². The fraction of sp³-hybridized carbons (Fsp3) is 0.308. The molecule has 3 nitrogen and oxygen atoms in total. The lowest BCUT2D eigenvalue weighted by molar-refractivity contribution is -0.145. The summed E-state index contributed by atoms with van der Waals surface area (Å²) in [5, 5.41) is 3.88. The van der Waals surface area contributed by atoms with Gasteiger partial charge in [-0.1, -0.05) is 35.3 Å². The first-order chi connectivity index (χ1) is 8.60. The van der Waals surface area contributed by atoms with E-state index in [1.807, 2.05) is 0 Å². The first-order valence-electron chi connectivity index (χ1n) is 5.56. The molecule has 0 aliphatic carbocycles. The van der Waals surface area contributed by atoms with E-state index in [9.17, 15) is 4.79 Å². The fourth-order valence-corrected chi connectivity index (χ4v) is 1.76. The van der Waals surface area contributed by atoms with Gasteiger partial charge >= 0.3 is 5.97 Å². The lowest BCUT2D eigenvalue weighted by Crippen LogP contribution is -2.30. The number of nitrogens with one attached hydrogen (secondary N) is 1. The Labute approximate surface area is 117 Å². The number of carbonyl (C=O) groups is 1. The van der Waals surface area contributed by atoms with E-state index >= 15 is 0 Å². The SMILES string of the molecule is C=CCNC(C(=O)OCC)c1ccc(Cl)c(Cl)c1. The number of ether oxygens (including phenoxy) is 1. The number of benzene rings is 1. The van der Waals surface area contributed by atoms with Crippen molar-refractivity contribution in [3.63, 3.8) is 0 Å². The van der Waals surface area contributed by atoms with Gasteiger partial charge in [-0.2, -0.15) is 0 Å². The Balaban J connectivity index is 2.96. The molecule has 1 atom stereocenters. The Morgan fingerprint density at radius 2 is 2.22 bits per heavy atom. The Kier molecular flexibility index (Phi) is 6.19. The van der Waals surface area contributed by atoms with Crippen molar-refractivity contribution in [3.8, 4) is 0 Å². The molecule has 0 radical (unpaired) electrons. The quantitative estimate of drug-likeness (QED) is 0.644. The van der Waals surface area contributed by atoms with E-state index in [4.69, 9.17) is 27.9 Å². The number of esters is 1. The summed E-state index contributed by atoms with van der Waals surface area (Å²) >= 11 is 11.8. The van der Waals surface area contributed by atoms with Crippen LogP contribution in [-0.4, -0.2) is 19.1 Å². The van der Waals surface area contributed by atoms with Crippen molar-refractivity contribution in [1.82, 2.24) is 5.32 Å². The molecule has 1 N–H and O–H groups in total. The highest BCUT2D eigenvalue weighted by molar-refractivity contribution is 6.42. The maximum absolute atomic E-state index is 11.9. The fourth-order valence-electron chi connectivity index (χ4n) is 1.46. The van der Waals surface area contributed by atoms with Crippen molar-refractivity contribution in [2.45, 2.75) is 13.0 Å². The van der Waals surface area contributed by atoms with Gasteiger partial charge in [0.25, 0.3) is 0 Å². The molecule has 0 aromatic heterocycles. The van der Waals surface area contributed by atoms with E-state index in [0.29, 0.717) is 28.8 Å². The van der Waals surface area contributed by atoms with Crippen LogP contribution >= 0.6 is 23.2 Å². The van der Waals surface area contributed by atoms with Gasteiger partial charge in [0.1, 0.15) is 6.04 Å². The lowest BCUT2D eigenvalue weighted by atomic mass is 10.1. The van der Waals surface area contributed by atoms with Crippen LogP contribution in [0.2, 0.25) is 10.0 Å². The molecule has 1 rings (SSSR count). The Morgan fingerprint density at radius 1 is 1.50 bits per heavy atom. The van der Waals surface area contributed by atoms with Crippen molar-refractivity contribution in [2.24, 2.45) is 0 Å². The highest BCUT2D eigenvalue weighted by atomic mass is 35.5. The molecule has 0 spiro atoms. The van der Waals surface area contributed by atoms with Crippen LogP contribution in [0.15, 0.2) is 30.9 Å². The molecule has 0 aliphatic rings. The normalized spacial score (nSPS) is 11.9. The predicted molar refractivity (Wildman–Crippen MR) is 74.0 cm³/mol. The number of hydrogen-bond donors (Lipinski definition) is 1. The number of hydrogen-bond acceptors (Lipinski definition) is 3. The van der Waals surface area contributed by atoms with Crippen LogP contribution in [0.5, 0.6) is 0 Å². The zero-order valence-electron chi connectivity index (χ0n) is 10.1. The maximum Gasteiger partial charge on any atom is 0.327 e. The molecule has 1 aromatic rings. The van der Waals surface area contributed by atoms with E-state index in [-0.39, 0.29) is 5.97 Å². The van der Waals surface area contributed by atoms with E-state index in [0.717, 1.165) is 0 Å². The van der Waals surface area contributed by atoms with Gasteiger partial charge < -0.3 is 4.74 Å². The minimum absolute atomic E-state index is 0.326. The molecule has 0 heterocycles. The van der Waals surface area contributed by atoms with Gasteiger partial charge in [0.2, 0.25) is 0 Å². The van der Waals surface area contributed by atoms with Gasteiger partial charge in [-0.15, -0.1) is 6.58 Å². The largest absolute Gasteiger partial charge is 0.465 e. The molecule has 0 aliphatic heterocycles. The molecule has 5 heteroatoms. The smallest absolute Gasteiger partial charge is 0.327 e. The van der Waals surface area contributed by atoms with Crippen molar-refractivity contribution < 1.29 is 9.53 Å². The number of carbonyl (C=O) groups excluding carboxylic acids is 1. The minimum atomic E-state index is -0.572.